The van der Waals surface area contributed by atoms with Crippen LogP contribution in [0.15, 0.2) is 22.5 Å². The molecule has 1 rings (SSSR count). The average Bonchev–Trinajstić information content (AvgIpc) is 2.14. The second-order valence-electron chi connectivity index (χ2n) is 1.91. The van der Waals surface area contributed by atoms with Gasteiger partial charge >= 0.3 is 0 Å². The van der Waals surface area contributed by atoms with Crippen molar-refractivity contribution in [2.45, 2.75) is 6.92 Å². The van der Waals surface area contributed by atoms with E-state index in [0.29, 0.717) is 0 Å². The van der Waals surface area contributed by atoms with Gasteiger partial charge in [0.25, 0.3) is 0 Å². The highest BCUT2D eigenvalue weighted by Gasteiger charge is 1.95. The van der Waals surface area contributed by atoms with Gasteiger partial charge in [0, 0.05) is 14.7 Å². The van der Waals surface area contributed by atoms with Gasteiger partial charge in [0.1, 0.15) is 0 Å². The molecule has 0 unspecified atom stereocenters. The Morgan fingerprint density at radius 3 is 2.67 bits per heavy atom. The molecule has 1 aromatic rings. The van der Waals surface area contributed by atoms with Crippen LogP contribution in [0.2, 0.25) is 0 Å². The third-order valence-electron chi connectivity index (χ3n) is 0.988. The van der Waals surface area contributed by atoms with Crippen LogP contribution in [0.4, 0.5) is 0 Å². The van der Waals surface area contributed by atoms with Crippen LogP contribution in [0.3, 0.4) is 0 Å². The monoisotopic (exact) mass is 202 g/mol. The standard InChI is InChI=1S/C7H7BrS/c1-5(2)7-3-6(8)4-9-7/h3-4H,1H2,2H3. The smallest absolute Gasteiger partial charge is 0.0305 e. The average molecular weight is 203 g/mol. The van der Waals surface area contributed by atoms with Crippen LogP contribution in [0, 0.1) is 0 Å². The Hall–Kier alpha value is -0.0800. The molecule has 0 amide bonds. The van der Waals surface area contributed by atoms with Crippen LogP contribution in [-0.4, -0.2) is 0 Å². The Kier molecular flexibility index (Phi) is 2.09. The summed E-state index contributed by atoms with van der Waals surface area (Å²) in [4.78, 5) is 1.25. The van der Waals surface area contributed by atoms with Gasteiger partial charge in [-0.1, -0.05) is 6.58 Å². The van der Waals surface area contributed by atoms with E-state index in [2.05, 4.69) is 34.0 Å². The Bertz CT molecular complexity index is 225. The minimum absolute atomic E-state index is 1.13. The maximum Gasteiger partial charge on any atom is 0.0305 e. The van der Waals surface area contributed by atoms with E-state index < -0.39 is 0 Å². The van der Waals surface area contributed by atoms with Crippen molar-refractivity contribution < 1.29 is 0 Å². The first-order chi connectivity index (χ1) is 4.20. The molecule has 0 N–H and O–H groups in total. The summed E-state index contributed by atoms with van der Waals surface area (Å²) in [6.45, 7) is 5.84. The lowest BCUT2D eigenvalue weighted by molar-refractivity contribution is 1.72. The molecule has 0 fully saturated rings. The third kappa shape index (κ3) is 1.66. The number of hydrogen-bond acceptors (Lipinski definition) is 1. The van der Waals surface area contributed by atoms with E-state index in [9.17, 15) is 0 Å². The Labute approximate surface area is 67.3 Å². The molecule has 9 heavy (non-hydrogen) atoms. The van der Waals surface area contributed by atoms with Gasteiger partial charge in [0.2, 0.25) is 0 Å². The predicted octanol–water partition coefficient (Wildman–Crippen LogP) is 3.54. The molecule has 0 saturated carbocycles. The fourth-order valence-corrected chi connectivity index (χ4v) is 1.90. The van der Waals surface area contributed by atoms with Gasteiger partial charge in [-0.3, -0.25) is 0 Å². The van der Waals surface area contributed by atoms with Gasteiger partial charge in [0.05, 0.1) is 0 Å². The number of allylic oxidation sites excluding steroid dienone is 1. The highest BCUT2D eigenvalue weighted by Crippen LogP contribution is 2.24. The summed E-state index contributed by atoms with van der Waals surface area (Å²) < 4.78 is 1.14. The molecule has 0 aromatic carbocycles. The van der Waals surface area contributed by atoms with Crippen molar-refractivity contribution in [2.24, 2.45) is 0 Å². The van der Waals surface area contributed by atoms with Crippen LogP contribution in [0.25, 0.3) is 5.57 Å². The van der Waals surface area contributed by atoms with Crippen molar-refractivity contribution in [3.63, 3.8) is 0 Å². The molecule has 0 radical (unpaired) electrons. The fourth-order valence-electron chi connectivity index (χ4n) is 0.537. The molecule has 0 aliphatic heterocycles. The van der Waals surface area contributed by atoms with E-state index in [1.807, 2.05) is 6.92 Å². The molecule has 1 aromatic heterocycles. The summed E-state index contributed by atoms with van der Waals surface area (Å²) in [6.07, 6.45) is 0. The number of thiophene rings is 1. The zero-order valence-electron chi connectivity index (χ0n) is 5.15. The van der Waals surface area contributed by atoms with Gasteiger partial charge in [-0.05, 0) is 34.5 Å². The molecular formula is C7H7BrS. The minimum atomic E-state index is 1.13. The molecule has 1 heterocycles. The first kappa shape index (κ1) is 7.03. The van der Waals surface area contributed by atoms with Crippen molar-refractivity contribution in [1.82, 2.24) is 0 Å². The van der Waals surface area contributed by atoms with Crippen molar-refractivity contribution in [3.05, 3.63) is 27.4 Å². The van der Waals surface area contributed by atoms with E-state index >= 15 is 0 Å². The van der Waals surface area contributed by atoms with E-state index in [1.54, 1.807) is 11.3 Å². The molecule has 0 nitrogen and oxygen atoms in total. The number of rotatable bonds is 1. The second-order valence-corrected chi connectivity index (χ2v) is 3.74. The largest absolute Gasteiger partial charge is 0.143 e. The van der Waals surface area contributed by atoms with Gasteiger partial charge in [-0.2, -0.15) is 0 Å². The molecule has 0 aliphatic carbocycles. The van der Waals surface area contributed by atoms with E-state index in [4.69, 9.17) is 0 Å². The van der Waals surface area contributed by atoms with Crippen LogP contribution in [-0.2, 0) is 0 Å². The first-order valence-corrected chi connectivity index (χ1v) is 4.27. The molecule has 0 atom stereocenters. The number of halogens is 1. The second kappa shape index (κ2) is 2.67. The van der Waals surface area contributed by atoms with Crippen LogP contribution in [0.5, 0.6) is 0 Å². The maximum atomic E-state index is 3.83. The van der Waals surface area contributed by atoms with Crippen LogP contribution >= 0.6 is 27.3 Å². The van der Waals surface area contributed by atoms with Crippen molar-refractivity contribution in [1.29, 1.82) is 0 Å². The third-order valence-corrected chi connectivity index (χ3v) is 2.84. The van der Waals surface area contributed by atoms with E-state index in [1.165, 1.54) is 4.88 Å². The summed E-state index contributed by atoms with van der Waals surface area (Å²) in [5.41, 5.74) is 1.13. The molecule has 0 saturated heterocycles. The molecule has 48 valence electrons. The lowest BCUT2D eigenvalue weighted by Crippen LogP contribution is -1.62. The minimum Gasteiger partial charge on any atom is -0.143 e. The van der Waals surface area contributed by atoms with Crippen molar-refractivity contribution in [2.75, 3.05) is 0 Å². The van der Waals surface area contributed by atoms with Crippen molar-refractivity contribution in [3.8, 4) is 0 Å². The van der Waals surface area contributed by atoms with Gasteiger partial charge < -0.3 is 0 Å². The zero-order valence-corrected chi connectivity index (χ0v) is 7.55. The Balaban J connectivity index is 2.98. The normalized spacial score (nSPS) is 9.56. The molecule has 2 heteroatoms. The Morgan fingerprint density at radius 2 is 2.44 bits per heavy atom. The van der Waals surface area contributed by atoms with Crippen molar-refractivity contribution >= 4 is 32.8 Å². The summed E-state index contributed by atoms with van der Waals surface area (Å²) in [5.74, 6) is 0. The topological polar surface area (TPSA) is 0 Å². The predicted molar refractivity (Wildman–Crippen MR) is 46.7 cm³/mol. The van der Waals surface area contributed by atoms with Gasteiger partial charge in [-0.15, -0.1) is 11.3 Å². The Morgan fingerprint density at radius 1 is 1.78 bits per heavy atom. The molecule has 0 aliphatic rings. The summed E-state index contributed by atoms with van der Waals surface area (Å²) in [6, 6.07) is 2.08. The molecular weight excluding hydrogens is 196 g/mol. The molecule has 0 bridgehead atoms. The first-order valence-electron chi connectivity index (χ1n) is 2.60. The summed E-state index contributed by atoms with van der Waals surface area (Å²) in [5, 5.41) is 2.06. The number of hydrogen-bond donors (Lipinski definition) is 0. The van der Waals surface area contributed by atoms with Gasteiger partial charge in [-0.25, -0.2) is 0 Å². The lowest BCUT2D eigenvalue weighted by atomic mass is 10.3. The zero-order chi connectivity index (χ0) is 6.85. The summed E-state index contributed by atoms with van der Waals surface area (Å²) in [7, 11) is 0. The van der Waals surface area contributed by atoms with Crippen LogP contribution in [0.1, 0.15) is 11.8 Å². The van der Waals surface area contributed by atoms with Crippen LogP contribution < -0.4 is 0 Å². The highest BCUT2D eigenvalue weighted by molar-refractivity contribution is 9.10. The van der Waals surface area contributed by atoms with E-state index in [0.717, 1.165) is 10.0 Å². The van der Waals surface area contributed by atoms with Gasteiger partial charge in [0.15, 0.2) is 0 Å². The lowest BCUT2D eigenvalue weighted by Gasteiger charge is -1.87. The fraction of sp³-hybridized carbons (Fsp3) is 0.143. The van der Waals surface area contributed by atoms with E-state index in [-0.39, 0.29) is 0 Å². The summed E-state index contributed by atoms with van der Waals surface area (Å²) >= 11 is 5.08. The maximum absolute atomic E-state index is 3.83. The highest BCUT2D eigenvalue weighted by atomic mass is 79.9. The SMILES string of the molecule is C=C(C)c1cc(Br)cs1. The molecule has 0 spiro atoms. The quantitative estimate of drug-likeness (QED) is 0.654.